The van der Waals surface area contributed by atoms with Crippen LogP contribution in [0.25, 0.3) is 0 Å². The van der Waals surface area contributed by atoms with Crippen molar-refractivity contribution in [1.29, 1.82) is 0 Å². The van der Waals surface area contributed by atoms with Gasteiger partial charge in [-0.1, -0.05) is 6.07 Å². The van der Waals surface area contributed by atoms with Crippen molar-refractivity contribution in [2.75, 3.05) is 0 Å². The van der Waals surface area contributed by atoms with Crippen LogP contribution in [0.4, 0.5) is 8.78 Å². The zero-order valence-corrected chi connectivity index (χ0v) is 10.2. The van der Waals surface area contributed by atoms with Gasteiger partial charge in [-0.2, -0.15) is 5.10 Å². The Morgan fingerprint density at radius 2 is 2.06 bits per heavy atom. The van der Waals surface area contributed by atoms with E-state index in [1.807, 2.05) is 0 Å². The van der Waals surface area contributed by atoms with Gasteiger partial charge < -0.3 is 5.73 Å². The minimum atomic E-state index is -0.642. The SMILES string of the molecule is Cc1nc(C)n(CC(N)c2ccc(F)cc2F)n1. The molecule has 6 heteroatoms. The Balaban J connectivity index is 2.21. The molecule has 1 heterocycles. The smallest absolute Gasteiger partial charge is 0.147 e. The molecule has 0 radical (unpaired) electrons. The van der Waals surface area contributed by atoms with E-state index in [-0.39, 0.29) is 5.56 Å². The van der Waals surface area contributed by atoms with Crippen molar-refractivity contribution in [3.05, 3.63) is 47.0 Å². The van der Waals surface area contributed by atoms with Gasteiger partial charge in [0.05, 0.1) is 12.6 Å². The summed E-state index contributed by atoms with van der Waals surface area (Å²) >= 11 is 0. The molecule has 0 saturated heterocycles. The number of hydrogen-bond donors (Lipinski definition) is 1. The normalized spacial score (nSPS) is 12.7. The van der Waals surface area contributed by atoms with Gasteiger partial charge in [0.25, 0.3) is 0 Å². The highest BCUT2D eigenvalue weighted by atomic mass is 19.1. The largest absolute Gasteiger partial charge is 0.322 e. The fourth-order valence-electron chi connectivity index (χ4n) is 1.82. The van der Waals surface area contributed by atoms with Crippen LogP contribution in [-0.4, -0.2) is 14.8 Å². The van der Waals surface area contributed by atoms with Crippen molar-refractivity contribution >= 4 is 0 Å². The summed E-state index contributed by atoms with van der Waals surface area (Å²) in [6.07, 6.45) is 0. The Bertz CT molecular complexity index is 565. The molecule has 4 nitrogen and oxygen atoms in total. The molecule has 0 aliphatic heterocycles. The summed E-state index contributed by atoms with van der Waals surface area (Å²) in [5.41, 5.74) is 6.17. The molecule has 1 atom stereocenters. The molecule has 1 aromatic carbocycles. The van der Waals surface area contributed by atoms with Crippen molar-refractivity contribution in [3.8, 4) is 0 Å². The summed E-state index contributed by atoms with van der Waals surface area (Å²) in [6, 6.07) is 2.78. The summed E-state index contributed by atoms with van der Waals surface area (Å²) in [6.45, 7) is 3.87. The number of rotatable bonds is 3. The molecular formula is C12H14F2N4. The lowest BCUT2D eigenvalue weighted by Crippen LogP contribution is -2.20. The van der Waals surface area contributed by atoms with Crippen LogP contribution in [0, 0.1) is 25.5 Å². The van der Waals surface area contributed by atoms with E-state index in [1.54, 1.807) is 18.5 Å². The van der Waals surface area contributed by atoms with Gasteiger partial charge in [0.1, 0.15) is 23.3 Å². The monoisotopic (exact) mass is 252 g/mol. The van der Waals surface area contributed by atoms with Gasteiger partial charge in [-0.25, -0.2) is 18.4 Å². The Morgan fingerprint density at radius 1 is 1.33 bits per heavy atom. The maximum absolute atomic E-state index is 13.5. The predicted molar refractivity (Wildman–Crippen MR) is 62.8 cm³/mol. The van der Waals surface area contributed by atoms with E-state index < -0.39 is 17.7 Å². The quantitative estimate of drug-likeness (QED) is 0.907. The zero-order chi connectivity index (χ0) is 13.3. The van der Waals surface area contributed by atoms with E-state index in [2.05, 4.69) is 10.1 Å². The molecule has 0 fully saturated rings. The topological polar surface area (TPSA) is 56.7 Å². The van der Waals surface area contributed by atoms with Crippen molar-refractivity contribution in [2.45, 2.75) is 26.4 Å². The Hall–Kier alpha value is -1.82. The lowest BCUT2D eigenvalue weighted by atomic mass is 10.1. The first-order valence-electron chi connectivity index (χ1n) is 5.56. The zero-order valence-electron chi connectivity index (χ0n) is 10.2. The fraction of sp³-hybridized carbons (Fsp3) is 0.333. The fourth-order valence-corrected chi connectivity index (χ4v) is 1.82. The minimum absolute atomic E-state index is 0.268. The molecule has 0 saturated carbocycles. The number of nitrogens with two attached hydrogens (primary N) is 1. The molecule has 2 aromatic rings. The summed E-state index contributed by atoms with van der Waals surface area (Å²) in [7, 11) is 0. The van der Waals surface area contributed by atoms with Gasteiger partial charge in [0.15, 0.2) is 0 Å². The number of halogens is 2. The molecule has 2 N–H and O–H groups in total. The lowest BCUT2D eigenvalue weighted by molar-refractivity contribution is 0.487. The van der Waals surface area contributed by atoms with Crippen LogP contribution >= 0.6 is 0 Å². The third-order valence-electron chi connectivity index (χ3n) is 2.69. The predicted octanol–water partition coefficient (Wildman–Crippen LogP) is 1.87. The molecule has 0 bridgehead atoms. The highest BCUT2D eigenvalue weighted by molar-refractivity contribution is 5.21. The van der Waals surface area contributed by atoms with Crippen molar-refractivity contribution < 1.29 is 8.78 Å². The summed E-state index contributed by atoms with van der Waals surface area (Å²) in [5, 5.41) is 4.15. The highest BCUT2D eigenvalue weighted by Gasteiger charge is 2.14. The molecule has 96 valence electrons. The van der Waals surface area contributed by atoms with E-state index in [0.29, 0.717) is 18.2 Å². The maximum Gasteiger partial charge on any atom is 0.147 e. The number of benzene rings is 1. The molecule has 0 amide bonds. The number of aryl methyl sites for hydroxylation is 2. The molecule has 1 unspecified atom stereocenters. The second-order valence-corrected chi connectivity index (χ2v) is 4.16. The number of nitrogens with zero attached hydrogens (tertiary/aromatic N) is 3. The summed E-state index contributed by atoms with van der Waals surface area (Å²) in [4.78, 5) is 4.14. The summed E-state index contributed by atoms with van der Waals surface area (Å²) in [5.74, 6) is 0.0953. The number of hydrogen-bond acceptors (Lipinski definition) is 3. The molecule has 0 aliphatic carbocycles. The van der Waals surface area contributed by atoms with Crippen LogP contribution in [0.5, 0.6) is 0 Å². The van der Waals surface area contributed by atoms with Crippen LogP contribution in [0.2, 0.25) is 0 Å². The minimum Gasteiger partial charge on any atom is -0.322 e. The van der Waals surface area contributed by atoms with Gasteiger partial charge in [0.2, 0.25) is 0 Å². The Kier molecular flexibility index (Phi) is 3.38. The standard InChI is InChI=1S/C12H14F2N4/c1-7-16-8(2)18(17-7)6-12(15)10-4-3-9(13)5-11(10)14/h3-5,12H,6,15H2,1-2H3. The van der Waals surface area contributed by atoms with Crippen molar-refractivity contribution in [2.24, 2.45) is 5.73 Å². The lowest BCUT2D eigenvalue weighted by Gasteiger charge is -2.13. The molecule has 18 heavy (non-hydrogen) atoms. The first-order chi connectivity index (χ1) is 8.47. The van der Waals surface area contributed by atoms with Crippen molar-refractivity contribution in [1.82, 2.24) is 14.8 Å². The Morgan fingerprint density at radius 3 is 2.61 bits per heavy atom. The number of aromatic nitrogens is 3. The summed E-state index contributed by atoms with van der Waals surface area (Å²) < 4.78 is 28.0. The first kappa shape index (κ1) is 12.6. The van der Waals surface area contributed by atoms with Crippen LogP contribution in [-0.2, 0) is 6.54 Å². The van der Waals surface area contributed by atoms with E-state index in [0.717, 1.165) is 6.07 Å². The Labute approximate surface area is 103 Å². The van der Waals surface area contributed by atoms with Gasteiger partial charge in [-0.05, 0) is 19.9 Å². The third kappa shape index (κ3) is 2.53. The van der Waals surface area contributed by atoms with Crippen LogP contribution in [0.1, 0.15) is 23.3 Å². The van der Waals surface area contributed by atoms with Crippen molar-refractivity contribution in [3.63, 3.8) is 0 Å². The van der Waals surface area contributed by atoms with E-state index in [4.69, 9.17) is 5.73 Å². The average molecular weight is 252 g/mol. The van der Waals surface area contributed by atoms with Crippen LogP contribution < -0.4 is 5.73 Å². The average Bonchev–Trinajstić information content (AvgIpc) is 2.57. The molecule has 0 aliphatic rings. The van der Waals surface area contributed by atoms with Gasteiger partial charge in [0, 0.05) is 11.6 Å². The molecular weight excluding hydrogens is 238 g/mol. The second-order valence-electron chi connectivity index (χ2n) is 4.16. The van der Waals surface area contributed by atoms with E-state index in [1.165, 1.54) is 12.1 Å². The van der Waals surface area contributed by atoms with Gasteiger partial charge >= 0.3 is 0 Å². The van der Waals surface area contributed by atoms with E-state index >= 15 is 0 Å². The second kappa shape index (κ2) is 4.81. The van der Waals surface area contributed by atoms with Crippen LogP contribution in [0.15, 0.2) is 18.2 Å². The third-order valence-corrected chi connectivity index (χ3v) is 2.69. The van der Waals surface area contributed by atoms with Crippen LogP contribution in [0.3, 0.4) is 0 Å². The molecule has 0 spiro atoms. The molecule has 1 aromatic heterocycles. The van der Waals surface area contributed by atoms with Gasteiger partial charge in [-0.3, -0.25) is 0 Å². The molecule has 2 rings (SSSR count). The highest BCUT2D eigenvalue weighted by Crippen LogP contribution is 2.18. The van der Waals surface area contributed by atoms with Gasteiger partial charge in [-0.15, -0.1) is 0 Å². The first-order valence-corrected chi connectivity index (χ1v) is 5.56. The maximum atomic E-state index is 13.5. The van der Waals surface area contributed by atoms with E-state index in [9.17, 15) is 8.78 Å².